The zero-order chi connectivity index (χ0) is 21.9. The third-order valence-corrected chi connectivity index (χ3v) is 5.64. The molecule has 0 aromatic heterocycles. The Morgan fingerprint density at radius 1 is 0.900 bits per heavy atom. The molecular formula is C20H18F6O3S. The van der Waals surface area contributed by atoms with Gasteiger partial charge in [0.25, 0.3) is 0 Å². The molecule has 0 amide bonds. The fraction of sp³-hybridized carbons (Fsp3) is 0.400. The molecule has 0 bridgehead atoms. The number of rotatable bonds is 5. The van der Waals surface area contributed by atoms with Gasteiger partial charge in [-0.15, -0.1) is 0 Å². The van der Waals surface area contributed by atoms with Crippen LogP contribution in [0, 0.1) is 0 Å². The van der Waals surface area contributed by atoms with Gasteiger partial charge in [0.1, 0.15) is 11.9 Å². The molecule has 30 heavy (non-hydrogen) atoms. The number of alkyl halides is 6. The molecule has 0 unspecified atom stereocenters. The second kappa shape index (κ2) is 9.07. The van der Waals surface area contributed by atoms with Crippen molar-refractivity contribution in [1.29, 1.82) is 0 Å². The van der Waals surface area contributed by atoms with Crippen molar-refractivity contribution >= 4 is 11.8 Å². The molecule has 0 saturated carbocycles. The second-order valence-electron chi connectivity index (χ2n) is 6.60. The lowest BCUT2D eigenvalue weighted by Gasteiger charge is -2.25. The van der Waals surface area contributed by atoms with E-state index in [1.54, 1.807) is 18.2 Å². The van der Waals surface area contributed by atoms with Gasteiger partial charge < -0.3 is 14.6 Å². The summed E-state index contributed by atoms with van der Waals surface area (Å²) in [7, 11) is 0. The highest BCUT2D eigenvalue weighted by Gasteiger charge is 2.46. The minimum atomic E-state index is -5.28. The number of hydrogen-bond donors (Lipinski definition) is 1. The summed E-state index contributed by atoms with van der Waals surface area (Å²) in [6, 6.07) is 8.07. The van der Waals surface area contributed by atoms with E-state index in [-0.39, 0.29) is 11.0 Å². The Balaban J connectivity index is 2.03. The minimum Gasteiger partial charge on any atom is -0.489 e. The summed E-state index contributed by atoms with van der Waals surface area (Å²) < 4.78 is 92.6. The zero-order valence-corrected chi connectivity index (χ0v) is 16.3. The van der Waals surface area contributed by atoms with E-state index in [1.807, 2.05) is 0 Å². The normalized spacial score (nSPS) is 16.0. The van der Waals surface area contributed by atoms with Crippen LogP contribution in [0.3, 0.4) is 0 Å². The molecule has 1 saturated heterocycles. The number of halogens is 6. The molecule has 1 aliphatic heterocycles. The van der Waals surface area contributed by atoms with Crippen molar-refractivity contribution in [1.82, 2.24) is 0 Å². The Hall–Kier alpha value is -1.91. The van der Waals surface area contributed by atoms with Crippen molar-refractivity contribution < 1.29 is 40.9 Å². The number of benzene rings is 2. The molecule has 0 atom stereocenters. The Kier molecular flexibility index (Phi) is 6.88. The molecule has 1 N–H and O–H groups in total. The van der Waals surface area contributed by atoms with Gasteiger partial charge in [-0.1, -0.05) is 30.0 Å². The van der Waals surface area contributed by atoms with Crippen LogP contribution in [0.15, 0.2) is 46.2 Å². The molecule has 3 nitrogen and oxygen atoms in total. The van der Waals surface area contributed by atoms with E-state index in [1.165, 1.54) is 6.07 Å². The second-order valence-corrected chi connectivity index (χ2v) is 7.69. The predicted molar refractivity (Wildman–Crippen MR) is 97.4 cm³/mol. The van der Waals surface area contributed by atoms with Gasteiger partial charge in [-0.25, -0.2) is 0 Å². The van der Waals surface area contributed by atoms with E-state index in [0.29, 0.717) is 43.6 Å². The van der Waals surface area contributed by atoms with Crippen molar-refractivity contribution in [2.75, 3.05) is 13.2 Å². The van der Waals surface area contributed by atoms with Crippen LogP contribution < -0.4 is 4.74 Å². The predicted octanol–water partition coefficient (Wildman–Crippen LogP) is 5.93. The molecule has 164 valence electrons. The Morgan fingerprint density at radius 3 is 2.13 bits per heavy atom. The van der Waals surface area contributed by atoms with Crippen LogP contribution in [-0.4, -0.2) is 24.4 Å². The SMILES string of the molecule is OCc1ccc(Sc2ccccc2OC2CCOCC2)c(C(F)(F)F)c1C(F)(F)F. The third kappa shape index (κ3) is 5.22. The first-order valence-electron chi connectivity index (χ1n) is 9.03. The lowest BCUT2D eigenvalue weighted by atomic mass is 10.00. The van der Waals surface area contributed by atoms with E-state index in [0.717, 1.165) is 12.1 Å². The number of ether oxygens (including phenoxy) is 2. The first-order valence-corrected chi connectivity index (χ1v) is 9.85. The fourth-order valence-corrected chi connectivity index (χ4v) is 4.23. The number of para-hydroxylation sites is 1. The van der Waals surface area contributed by atoms with Gasteiger partial charge in [0, 0.05) is 17.7 Å². The minimum absolute atomic E-state index is 0.190. The summed E-state index contributed by atoms with van der Waals surface area (Å²) in [5, 5.41) is 9.17. The average Bonchev–Trinajstić information content (AvgIpc) is 2.68. The Bertz CT molecular complexity index is 876. The average molecular weight is 452 g/mol. The monoisotopic (exact) mass is 452 g/mol. The largest absolute Gasteiger partial charge is 0.489 e. The fourth-order valence-electron chi connectivity index (χ4n) is 3.17. The van der Waals surface area contributed by atoms with Crippen molar-refractivity contribution in [3.63, 3.8) is 0 Å². The quantitative estimate of drug-likeness (QED) is 0.571. The summed E-state index contributed by atoms with van der Waals surface area (Å²) >= 11 is 0.548. The highest BCUT2D eigenvalue weighted by Crippen LogP contribution is 2.48. The summed E-state index contributed by atoms with van der Waals surface area (Å²) in [5.41, 5.74) is -4.51. The van der Waals surface area contributed by atoms with Crippen molar-refractivity contribution in [3.8, 4) is 5.75 Å². The van der Waals surface area contributed by atoms with Gasteiger partial charge in [-0.3, -0.25) is 0 Å². The molecule has 1 fully saturated rings. The molecule has 2 aromatic rings. The van der Waals surface area contributed by atoms with Crippen LogP contribution in [0.2, 0.25) is 0 Å². The summed E-state index contributed by atoms with van der Waals surface area (Å²) in [5.74, 6) is 0.294. The van der Waals surface area contributed by atoms with Crippen LogP contribution in [0.25, 0.3) is 0 Å². The van der Waals surface area contributed by atoms with Crippen LogP contribution in [-0.2, 0) is 23.7 Å². The third-order valence-electron chi connectivity index (χ3n) is 4.52. The van der Waals surface area contributed by atoms with Crippen molar-refractivity contribution in [2.45, 2.75) is 47.7 Å². The number of aliphatic hydroxyl groups excluding tert-OH is 1. The van der Waals surface area contributed by atoms with Gasteiger partial charge in [0.2, 0.25) is 0 Å². The van der Waals surface area contributed by atoms with Crippen LogP contribution in [0.5, 0.6) is 5.75 Å². The molecule has 0 aliphatic carbocycles. The van der Waals surface area contributed by atoms with E-state index in [4.69, 9.17) is 9.47 Å². The van der Waals surface area contributed by atoms with Crippen molar-refractivity contribution in [3.05, 3.63) is 53.1 Å². The molecule has 3 rings (SSSR count). The van der Waals surface area contributed by atoms with Gasteiger partial charge in [-0.05, 0) is 23.8 Å². The molecule has 2 aromatic carbocycles. The first-order chi connectivity index (χ1) is 14.1. The van der Waals surface area contributed by atoms with Gasteiger partial charge in [0.15, 0.2) is 0 Å². The number of aliphatic hydroxyl groups is 1. The standard InChI is InChI=1S/C20H18F6O3S/c21-19(22,23)17-12(11-27)5-6-16(18(17)20(24,25)26)30-15-4-2-1-3-14(15)29-13-7-9-28-10-8-13/h1-6,13,27H,7-11H2. The molecule has 0 radical (unpaired) electrons. The summed E-state index contributed by atoms with van der Waals surface area (Å²) in [6.07, 6.45) is -9.52. The van der Waals surface area contributed by atoms with Gasteiger partial charge in [-0.2, -0.15) is 26.3 Å². The Morgan fingerprint density at radius 2 is 1.53 bits per heavy atom. The smallest absolute Gasteiger partial charge is 0.418 e. The lowest BCUT2D eigenvalue weighted by Crippen LogP contribution is -2.26. The van der Waals surface area contributed by atoms with E-state index >= 15 is 0 Å². The summed E-state index contributed by atoms with van der Waals surface area (Å²) in [6.45, 7) is -0.169. The lowest BCUT2D eigenvalue weighted by molar-refractivity contribution is -0.164. The van der Waals surface area contributed by atoms with Crippen molar-refractivity contribution in [2.24, 2.45) is 0 Å². The maximum absolute atomic E-state index is 13.7. The van der Waals surface area contributed by atoms with Crippen LogP contribution >= 0.6 is 11.8 Å². The van der Waals surface area contributed by atoms with Gasteiger partial charge >= 0.3 is 12.4 Å². The molecule has 10 heteroatoms. The maximum Gasteiger partial charge on any atom is 0.418 e. The topological polar surface area (TPSA) is 38.7 Å². The highest BCUT2D eigenvalue weighted by molar-refractivity contribution is 7.99. The maximum atomic E-state index is 13.7. The zero-order valence-electron chi connectivity index (χ0n) is 15.5. The highest BCUT2D eigenvalue weighted by atomic mass is 32.2. The van der Waals surface area contributed by atoms with Crippen LogP contribution in [0.4, 0.5) is 26.3 Å². The molecule has 0 spiro atoms. The first kappa shape index (κ1) is 22.8. The molecule has 1 heterocycles. The molecule has 1 aliphatic rings. The van der Waals surface area contributed by atoms with Gasteiger partial charge in [0.05, 0.1) is 35.8 Å². The number of hydrogen-bond acceptors (Lipinski definition) is 4. The van der Waals surface area contributed by atoms with E-state index < -0.39 is 40.5 Å². The Labute approximate surface area is 173 Å². The molecular weight excluding hydrogens is 434 g/mol. The van der Waals surface area contributed by atoms with Crippen LogP contribution in [0.1, 0.15) is 29.5 Å². The van der Waals surface area contributed by atoms with E-state index in [9.17, 15) is 31.4 Å². The van der Waals surface area contributed by atoms with E-state index in [2.05, 4.69) is 0 Å². The summed E-state index contributed by atoms with van der Waals surface area (Å²) in [4.78, 5) is -0.352.